The molecule has 0 radical (unpaired) electrons. The van der Waals surface area contributed by atoms with E-state index in [9.17, 15) is 8.78 Å². The zero-order valence-corrected chi connectivity index (χ0v) is 5.62. The molecule has 0 unspecified atom stereocenters. The van der Waals surface area contributed by atoms with Gasteiger partial charge >= 0.3 is 0 Å². The molecule has 0 nitrogen and oxygen atoms in total. The lowest BCUT2D eigenvalue weighted by Gasteiger charge is -1.94. The molecule has 0 saturated heterocycles. The molecule has 1 saturated carbocycles. The van der Waals surface area contributed by atoms with Gasteiger partial charge in [0.2, 0.25) is 0 Å². The maximum Gasteiger partial charge on any atom is 0.266 e. The van der Waals surface area contributed by atoms with Crippen molar-refractivity contribution in [2.24, 2.45) is 11.3 Å². The van der Waals surface area contributed by atoms with Gasteiger partial charge in [0.25, 0.3) is 6.08 Å². The Bertz CT molecular complexity index is 143. The summed E-state index contributed by atoms with van der Waals surface area (Å²) in [4.78, 5) is 0. The van der Waals surface area contributed by atoms with Crippen LogP contribution in [0.5, 0.6) is 0 Å². The topological polar surface area (TPSA) is 0 Å². The molecule has 0 aromatic carbocycles. The maximum atomic E-state index is 11.5. The third-order valence-electron chi connectivity index (χ3n) is 1.92. The van der Waals surface area contributed by atoms with Crippen LogP contribution in [0.4, 0.5) is 8.78 Å². The zero-order chi connectivity index (χ0) is 7.07. The summed E-state index contributed by atoms with van der Waals surface area (Å²) in [5.74, 6) is 0.127. The third-order valence-corrected chi connectivity index (χ3v) is 1.92. The molecule has 1 aliphatic rings. The molecular weight excluding hydrogens is 122 g/mol. The zero-order valence-electron chi connectivity index (χ0n) is 5.62. The summed E-state index contributed by atoms with van der Waals surface area (Å²) in [5, 5.41) is 0. The third kappa shape index (κ3) is 1.50. The van der Waals surface area contributed by atoms with E-state index >= 15 is 0 Å². The lowest BCUT2D eigenvalue weighted by Crippen LogP contribution is -1.85. The van der Waals surface area contributed by atoms with Gasteiger partial charge in [-0.15, -0.1) is 0 Å². The monoisotopic (exact) mass is 132 g/mol. The van der Waals surface area contributed by atoms with Crippen LogP contribution in [0.15, 0.2) is 12.2 Å². The van der Waals surface area contributed by atoms with Gasteiger partial charge in [-0.25, -0.2) is 0 Å². The van der Waals surface area contributed by atoms with Gasteiger partial charge in [0, 0.05) is 0 Å². The lowest BCUT2D eigenvalue weighted by molar-refractivity contribution is 0.412. The molecule has 0 bridgehead atoms. The highest BCUT2D eigenvalue weighted by molar-refractivity contribution is 5.07. The predicted octanol–water partition coefficient (Wildman–Crippen LogP) is 2.81. The van der Waals surface area contributed by atoms with Crippen LogP contribution in [0.1, 0.15) is 20.3 Å². The first-order valence-corrected chi connectivity index (χ1v) is 3.05. The van der Waals surface area contributed by atoms with Crippen molar-refractivity contribution in [3.8, 4) is 0 Å². The van der Waals surface area contributed by atoms with E-state index < -0.39 is 6.08 Å². The van der Waals surface area contributed by atoms with Gasteiger partial charge in [-0.3, -0.25) is 0 Å². The number of rotatable bonds is 1. The van der Waals surface area contributed by atoms with E-state index in [0.29, 0.717) is 0 Å². The van der Waals surface area contributed by atoms with E-state index in [-0.39, 0.29) is 11.3 Å². The van der Waals surface area contributed by atoms with E-state index in [2.05, 4.69) is 0 Å². The molecule has 52 valence electrons. The fourth-order valence-corrected chi connectivity index (χ4v) is 0.944. The minimum Gasteiger partial charge on any atom is -0.174 e. The second kappa shape index (κ2) is 1.79. The largest absolute Gasteiger partial charge is 0.266 e. The molecule has 0 aromatic rings. The summed E-state index contributed by atoms with van der Waals surface area (Å²) in [7, 11) is 0. The number of allylic oxidation sites excluding steroid dienone is 1. The van der Waals surface area contributed by atoms with Gasteiger partial charge in [-0.2, -0.15) is 8.78 Å². The van der Waals surface area contributed by atoms with Crippen molar-refractivity contribution in [3.05, 3.63) is 12.2 Å². The van der Waals surface area contributed by atoms with Crippen molar-refractivity contribution >= 4 is 0 Å². The van der Waals surface area contributed by atoms with E-state index in [1.807, 2.05) is 13.8 Å². The predicted molar refractivity (Wildman–Crippen MR) is 32.2 cm³/mol. The Morgan fingerprint density at radius 1 is 1.56 bits per heavy atom. The van der Waals surface area contributed by atoms with E-state index in [0.717, 1.165) is 12.5 Å². The van der Waals surface area contributed by atoms with Crippen molar-refractivity contribution in [2.75, 3.05) is 0 Å². The van der Waals surface area contributed by atoms with E-state index in [4.69, 9.17) is 0 Å². The molecule has 1 atom stereocenters. The fraction of sp³-hybridized carbons (Fsp3) is 0.714. The molecular formula is C7H10F2. The van der Waals surface area contributed by atoms with Crippen molar-refractivity contribution in [1.82, 2.24) is 0 Å². The molecule has 9 heavy (non-hydrogen) atoms. The van der Waals surface area contributed by atoms with Crippen LogP contribution in [0.25, 0.3) is 0 Å². The summed E-state index contributed by atoms with van der Waals surface area (Å²) >= 11 is 0. The molecule has 0 amide bonds. The summed E-state index contributed by atoms with van der Waals surface area (Å²) in [5.41, 5.74) is 0.142. The number of halogens is 2. The average Bonchev–Trinajstić information content (AvgIpc) is 2.10. The average molecular weight is 132 g/mol. The van der Waals surface area contributed by atoms with Crippen LogP contribution in [0, 0.1) is 11.3 Å². The SMILES string of the molecule is CC1(C)C[C@@H]1C=C(F)F. The highest BCUT2D eigenvalue weighted by Crippen LogP contribution is 2.52. The number of hydrogen-bond acceptors (Lipinski definition) is 0. The van der Waals surface area contributed by atoms with Gasteiger partial charge in [0.1, 0.15) is 0 Å². The van der Waals surface area contributed by atoms with Gasteiger partial charge in [-0.05, 0) is 23.8 Å². The summed E-state index contributed by atoms with van der Waals surface area (Å²) < 4.78 is 23.1. The normalized spacial score (nSPS) is 29.6. The summed E-state index contributed by atoms with van der Waals surface area (Å²) in [6.45, 7) is 3.99. The summed E-state index contributed by atoms with van der Waals surface area (Å²) in [6, 6.07) is 0. The van der Waals surface area contributed by atoms with Crippen LogP contribution in [0.2, 0.25) is 0 Å². The second-order valence-corrected chi connectivity index (χ2v) is 3.26. The van der Waals surface area contributed by atoms with Gasteiger partial charge in [0.15, 0.2) is 0 Å². The highest BCUT2D eigenvalue weighted by atomic mass is 19.3. The van der Waals surface area contributed by atoms with Crippen molar-refractivity contribution < 1.29 is 8.78 Å². The molecule has 0 N–H and O–H groups in total. The highest BCUT2D eigenvalue weighted by Gasteiger charge is 2.44. The molecule has 0 heterocycles. The number of hydrogen-bond donors (Lipinski definition) is 0. The fourth-order valence-electron chi connectivity index (χ4n) is 0.944. The van der Waals surface area contributed by atoms with E-state index in [1.165, 1.54) is 0 Å². The van der Waals surface area contributed by atoms with Gasteiger partial charge in [-0.1, -0.05) is 13.8 Å². The van der Waals surface area contributed by atoms with Crippen LogP contribution < -0.4 is 0 Å². The lowest BCUT2D eigenvalue weighted by atomic mass is 10.1. The Kier molecular flexibility index (Phi) is 1.34. The van der Waals surface area contributed by atoms with E-state index in [1.54, 1.807) is 0 Å². The molecule has 0 aromatic heterocycles. The Balaban J connectivity index is 2.45. The van der Waals surface area contributed by atoms with Gasteiger partial charge < -0.3 is 0 Å². The Morgan fingerprint density at radius 2 is 2.00 bits per heavy atom. The minimum absolute atomic E-state index is 0.127. The molecule has 0 aliphatic heterocycles. The summed E-state index contributed by atoms with van der Waals surface area (Å²) in [6.07, 6.45) is 0.426. The van der Waals surface area contributed by atoms with Crippen LogP contribution >= 0.6 is 0 Å². The standard InChI is InChI=1S/C7H10F2/c1-7(2)4-5(7)3-6(8)9/h3,5H,4H2,1-2H3/t5-/m0/s1. The van der Waals surface area contributed by atoms with Crippen LogP contribution in [0.3, 0.4) is 0 Å². The minimum atomic E-state index is -1.54. The smallest absolute Gasteiger partial charge is 0.174 e. The van der Waals surface area contributed by atoms with Gasteiger partial charge in [0.05, 0.1) is 0 Å². The maximum absolute atomic E-state index is 11.5. The van der Waals surface area contributed by atoms with Crippen LogP contribution in [-0.4, -0.2) is 0 Å². The first kappa shape index (κ1) is 6.72. The molecule has 1 aliphatic carbocycles. The molecule has 2 heteroatoms. The second-order valence-electron chi connectivity index (χ2n) is 3.26. The van der Waals surface area contributed by atoms with Crippen molar-refractivity contribution in [2.45, 2.75) is 20.3 Å². The van der Waals surface area contributed by atoms with Crippen molar-refractivity contribution in [1.29, 1.82) is 0 Å². The van der Waals surface area contributed by atoms with Crippen LogP contribution in [-0.2, 0) is 0 Å². The Labute approximate surface area is 53.6 Å². The molecule has 1 fully saturated rings. The molecule has 0 spiro atoms. The first-order chi connectivity index (χ1) is 4.02. The quantitative estimate of drug-likeness (QED) is 0.514. The van der Waals surface area contributed by atoms with Crippen molar-refractivity contribution in [3.63, 3.8) is 0 Å². The first-order valence-electron chi connectivity index (χ1n) is 3.05. The Hall–Kier alpha value is -0.400. The molecule has 1 rings (SSSR count). The Morgan fingerprint density at radius 3 is 2.11 bits per heavy atom.